The Morgan fingerprint density at radius 3 is 2.33 bits per heavy atom. The molecule has 0 aromatic heterocycles. The zero-order chi connectivity index (χ0) is 15.8. The monoisotopic (exact) mass is 300 g/mol. The molecule has 2 N–H and O–H groups in total. The van der Waals surface area contributed by atoms with Crippen molar-refractivity contribution in [2.24, 2.45) is 0 Å². The zero-order valence-corrected chi connectivity index (χ0v) is 13.1. The van der Waals surface area contributed by atoms with Crippen LogP contribution < -0.4 is 0 Å². The minimum absolute atomic E-state index is 0.0583. The van der Waals surface area contributed by atoms with Crippen molar-refractivity contribution in [2.75, 3.05) is 19.7 Å². The summed E-state index contributed by atoms with van der Waals surface area (Å²) in [6, 6.07) is -0.318. The van der Waals surface area contributed by atoms with E-state index in [0.29, 0.717) is 13.1 Å². The highest BCUT2D eigenvalue weighted by atomic mass is 16.4. The minimum Gasteiger partial charge on any atom is -0.481 e. The zero-order valence-electron chi connectivity index (χ0n) is 13.1. The lowest BCUT2D eigenvalue weighted by Gasteiger charge is -2.39. The summed E-state index contributed by atoms with van der Waals surface area (Å²) in [6.07, 6.45) is 5.29. The first-order valence-corrected chi connectivity index (χ1v) is 7.91. The lowest BCUT2D eigenvalue weighted by Crippen LogP contribution is -2.52. The molecule has 0 spiro atoms. The van der Waals surface area contributed by atoms with Crippen molar-refractivity contribution < 1.29 is 19.8 Å². The molecule has 1 saturated carbocycles. The number of nitrogens with zero attached hydrogens (tertiary/aromatic N) is 2. The number of hydrogen-bond acceptors (Lipinski definition) is 3. The number of rotatable bonds is 7. The average Bonchev–Trinajstić information content (AvgIpc) is 2.45. The smallest absolute Gasteiger partial charge is 0.320 e. The maximum atomic E-state index is 12.7. The lowest BCUT2D eigenvalue weighted by atomic mass is 9.94. The molecule has 0 bridgehead atoms. The fourth-order valence-electron chi connectivity index (χ4n) is 3.10. The number of urea groups is 1. The summed E-state index contributed by atoms with van der Waals surface area (Å²) in [4.78, 5) is 26.9. The Balaban J connectivity index is 2.78. The van der Waals surface area contributed by atoms with Crippen LogP contribution in [0.5, 0.6) is 0 Å². The van der Waals surface area contributed by atoms with Gasteiger partial charge in [0.15, 0.2) is 0 Å². The van der Waals surface area contributed by atoms with E-state index in [4.69, 9.17) is 5.11 Å². The summed E-state index contributed by atoms with van der Waals surface area (Å²) in [7, 11) is 0. The molecule has 0 aliphatic heterocycles. The Morgan fingerprint density at radius 2 is 1.86 bits per heavy atom. The van der Waals surface area contributed by atoms with Crippen LogP contribution in [0.4, 0.5) is 4.79 Å². The van der Waals surface area contributed by atoms with Gasteiger partial charge in [0, 0.05) is 25.2 Å². The van der Waals surface area contributed by atoms with E-state index in [0.717, 1.165) is 25.7 Å². The molecule has 21 heavy (non-hydrogen) atoms. The molecular weight excluding hydrogens is 272 g/mol. The number of amides is 2. The predicted octanol–water partition coefficient (Wildman–Crippen LogP) is 1.92. The summed E-state index contributed by atoms with van der Waals surface area (Å²) in [6.45, 7) is 4.34. The van der Waals surface area contributed by atoms with Gasteiger partial charge in [-0.1, -0.05) is 19.3 Å². The van der Waals surface area contributed by atoms with Crippen molar-refractivity contribution in [3.8, 4) is 0 Å². The van der Waals surface area contributed by atoms with Crippen LogP contribution in [0.25, 0.3) is 0 Å². The van der Waals surface area contributed by atoms with Crippen molar-refractivity contribution in [1.29, 1.82) is 0 Å². The van der Waals surface area contributed by atoms with Gasteiger partial charge in [0.1, 0.15) is 0 Å². The maximum Gasteiger partial charge on any atom is 0.320 e. The van der Waals surface area contributed by atoms with Gasteiger partial charge in [-0.2, -0.15) is 0 Å². The van der Waals surface area contributed by atoms with Crippen LogP contribution in [0.2, 0.25) is 0 Å². The van der Waals surface area contributed by atoms with Gasteiger partial charge < -0.3 is 20.0 Å². The van der Waals surface area contributed by atoms with Crippen LogP contribution in [0.15, 0.2) is 0 Å². The molecule has 122 valence electrons. The third-order valence-corrected chi connectivity index (χ3v) is 4.19. The second kappa shape index (κ2) is 8.87. The van der Waals surface area contributed by atoms with Crippen LogP contribution in [0.1, 0.15) is 52.4 Å². The molecule has 0 saturated heterocycles. The second-order valence-electron chi connectivity index (χ2n) is 5.72. The first-order valence-electron chi connectivity index (χ1n) is 7.91. The van der Waals surface area contributed by atoms with E-state index >= 15 is 0 Å². The Kier molecular flexibility index (Phi) is 7.50. The van der Waals surface area contributed by atoms with Crippen LogP contribution in [0, 0.1) is 0 Å². The molecule has 1 aliphatic carbocycles. The largest absolute Gasteiger partial charge is 0.481 e. The van der Waals surface area contributed by atoms with Gasteiger partial charge in [-0.05, 0) is 26.7 Å². The van der Waals surface area contributed by atoms with Crippen molar-refractivity contribution >= 4 is 12.0 Å². The SMILES string of the molecule is CCN(C(=O)N(CCO)C1CCCCC1)C(C)CC(=O)O. The van der Waals surface area contributed by atoms with E-state index in [9.17, 15) is 14.7 Å². The first kappa shape index (κ1) is 17.8. The van der Waals surface area contributed by atoms with E-state index in [2.05, 4.69) is 0 Å². The number of carbonyl (C=O) groups excluding carboxylic acids is 1. The van der Waals surface area contributed by atoms with Crippen molar-refractivity contribution in [2.45, 2.75) is 64.5 Å². The molecule has 1 atom stereocenters. The van der Waals surface area contributed by atoms with E-state index in [1.807, 2.05) is 6.92 Å². The molecule has 2 amide bonds. The van der Waals surface area contributed by atoms with Crippen molar-refractivity contribution in [3.63, 3.8) is 0 Å². The van der Waals surface area contributed by atoms with E-state index in [-0.39, 0.29) is 31.1 Å². The highest BCUT2D eigenvalue weighted by Crippen LogP contribution is 2.24. The molecule has 1 aliphatic rings. The molecule has 6 nitrogen and oxygen atoms in total. The van der Waals surface area contributed by atoms with Crippen LogP contribution in [-0.4, -0.2) is 63.8 Å². The normalized spacial score (nSPS) is 17.3. The molecule has 0 heterocycles. The number of carboxylic acid groups (broad SMARTS) is 1. The number of hydrogen-bond donors (Lipinski definition) is 2. The quantitative estimate of drug-likeness (QED) is 0.752. The minimum atomic E-state index is -0.903. The van der Waals surface area contributed by atoms with Crippen LogP contribution >= 0.6 is 0 Å². The molecule has 6 heteroatoms. The Labute approximate surface area is 126 Å². The third kappa shape index (κ3) is 5.19. The Hall–Kier alpha value is -1.30. The molecule has 0 aromatic carbocycles. The third-order valence-electron chi connectivity index (χ3n) is 4.19. The van der Waals surface area contributed by atoms with E-state index in [1.165, 1.54) is 6.42 Å². The van der Waals surface area contributed by atoms with Gasteiger partial charge in [-0.25, -0.2) is 4.79 Å². The molecule has 1 rings (SSSR count). The number of aliphatic hydroxyl groups excluding tert-OH is 1. The number of aliphatic hydroxyl groups is 1. The van der Waals surface area contributed by atoms with E-state index < -0.39 is 5.97 Å². The summed E-state index contributed by atoms with van der Waals surface area (Å²) in [5.74, 6) is -0.903. The molecule has 0 radical (unpaired) electrons. The van der Waals surface area contributed by atoms with Gasteiger partial charge >= 0.3 is 12.0 Å². The summed E-state index contributed by atoms with van der Waals surface area (Å²) in [5, 5.41) is 18.2. The van der Waals surface area contributed by atoms with Crippen molar-refractivity contribution in [3.05, 3.63) is 0 Å². The highest BCUT2D eigenvalue weighted by Gasteiger charge is 2.30. The van der Waals surface area contributed by atoms with Gasteiger partial charge in [0.25, 0.3) is 0 Å². The van der Waals surface area contributed by atoms with Gasteiger partial charge in [-0.3, -0.25) is 4.79 Å². The van der Waals surface area contributed by atoms with Gasteiger partial charge in [0.2, 0.25) is 0 Å². The lowest BCUT2D eigenvalue weighted by molar-refractivity contribution is -0.138. The molecule has 1 unspecified atom stereocenters. The Morgan fingerprint density at radius 1 is 1.24 bits per heavy atom. The highest BCUT2D eigenvalue weighted by molar-refractivity contribution is 5.76. The van der Waals surface area contributed by atoms with Gasteiger partial charge in [-0.15, -0.1) is 0 Å². The van der Waals surface area contributed by atoms with E-state index in [1.54, 1.807) is 16.7 Å². The average molecular weight is 300 g/mol. The van der Waals surface area contributed by atoms with Crippen LogP contribution in [-0.2, 0) is 4.79 Å². The van der Waals surface area contributed by atoms with Gasteiger partial charge in [0.05, 0.1) is 13.0 Å². The fraction of sp³-hybridized carbons (Fsp3) is 0.867. The topological polar surface area (TPSA) is 81.1 Å². The number of aliphatic carboxylic acids is 1. The summed E-state index contributed by atoms with van der Waals surface area (Å²) in [5.41, 5.74) is 0. The summed E-state index contributed by atoms with van der Waals surface area (Å²) >= 11 is 0. The standard InChI is InChI=1S/C15H28N2O4/c1-3-16(12(2)11-14(19)20)15(21)17(9-10-18)13-7-5-4-6-8-13/h12-13,18H,3-11H2,1-2H3,(H,19,20). The predicted molar refractivity (Wildman–Crippen MR) is 80.2 cm³/mol. The first-order chi connectivity index (χ1) is 10.0. The van der Waals surface area contributed by atoms with Crippen LogP contribution in [0.3, 0.4) is 0 Å². The number of carboxylic acids is 1. The number of carbonyl (C=O) groups is 2. The van der Waals surface area contributed by atoms with Crippen molar-refractivity contribution in [1.82, 2.24) is 9.80 Å². The summed E-state index contributed by atoms with van der Waals surface area (Å²) < 4.78 is 0. The molecule has 0 aromatic rings. The Bertz CT molecular complexity index is 343. The molecule has 1 fully saturated rings. The fourth-order valence-corrected chi connectivity index (χ4v) is 3.10. The molecular formula is C15H28N2O4. The maximum absolute atomic E-state index is 12.7. The second-order valence-corrected chi connectivity index (χ2v) is 5.72.